The van der Waals surface area contributed by atoms with Gasteiger partial charge in [-0.2, -0.15) is 0 Å². The number of anilines is 2. The van der Waals surface area contributed by atoms with Crippen LogP contribution in [-0.2, 0) is 9.59 Å². The molecule has 0 radical (unpaired) electrons. The molecule has 0 heterocycles. The molecule has 0 fully saturated rings. The molecule has 2 N–H and O–H groups in total. The van der Waals surface area contributed by atoms with Crippen molar-refractivity contribution in [3.05, 3.63) is 53.6 Å². The molecule has 0 spiro atoms. The van der Waals surface area contributed by atoms with E-state index in [-0.39, 0.29) is 17.6 Å². The summed E-state index contributed by atoms with van der Waals surface area (Å²) in [4.78, 5) is 24.5. The first-order valence-electron chi connectivity index (χ1n) is 7.65. The lowest BCUT2D eigenvalue weighted by Crippen LogP contribution is -2.14. The summed E-state index contributed by atoms with van der Waals surface area (Å²) in [5.41, 5.74) is 1.42. The van der Waals surface area contributed by atoms with Crippen LogP contribution in [0.1, 0.15) is 19.8 Å². The van der Waals surface area contributed by atoms with E-state index < -0.39 is 0 Å². The van der Waals surface area contributed by atoms with Crippen molar-refractivity contribution in [3.63, 3.8) is 0 Å². The van der Waals surface area contributed by atoms with Gasteiger partial charge in [0.1, 0.15) is 0 Å². The van der Waals surface area contributed by atoms with E-state index in [1.807, 2.05) is 31.2 Å². The van der Waals surface area contributed by atoms with Crippen LogP contribution < -0.4 is 10.6 Å². The minimum absolute atomic E-state index is 0.00153. The van der Waals surface area contributed by atoms with Crippen LogP contribution in [0.5, 0.6) is 0 Å². The molecule has 0 aliphatic carbocycles. The fourth-order valence-electron chi connectivity index (χ4n) is 2.03. The molecule has 0 atom stereocenters. The molecule has 6 heteroatoms. The lowest BCUT2D eigenvalue weighted by Gasteiger charge is -2.08. The smallest absolute Gasteiger partial charge is 0.234 e. The molecule has 0 saturated carbocycles. The SMILES string of the molecule is CCCC(=O)Nc1cccc(SCC(=O)Nc2cccc(Cl)c2)c1. The summed E-state index contributed by atoms with van der Waals surface area (Å²) in [6, 6.07) is 14.5. The number of rotatable bonds is 7. The van der Waals surface area contributed by atoms with Gasteiger partial charge in [-0.05, 0) is 42.8 Å². The second kappa shape index (κ2) is 9.35. The molecule has 0 saturated heterocycles. The van der Waals surface area contributed by atoms with Gasteiger partial charge in [0.15, 0.2) is 0 Å². The Morgan fingerprint density at radius 2 is 1.67 bits per heavy atom. The van der Waals surface area contributed by atoms with Crippen LogP contribution >= 0.6 is 23.4 Å². The zero-order valence-electron chi connectivity index (χ0n) is 13.3. The predicted octanol–water partition coefficient (Wildman–Crippen LogP) is 4.81. The summed E-state index contributed by atoms with van der Waals surface area (Å²) in [5.74, 6) is 0.167. The van der Waals surface area contributed by atoms with Crippen molar-refractivity contribution in [2.75, 3.05) is 16.4 Å². The van der Waals surface area contributed by atoms with Crippen LogP contribution in [0.3, 0.4) is 0 Å². The van der Waals surface area contributed by atoms with E-state index in [2.05, 4.69) is 10.6 Å². The highest BCUT2D eigenvalue weighted by molar-refractivity contribution is 8.00. The van der Waals surface area contributed by atoms with Gasteiger partial charge in [0.2, 0.25) is 11.8 Å². The quantitative estimate of drug-likeness (QED) is 0.695. The first kappa shape index (κ1) is 18.4. The number of carbonyl (C=O) groups excluding carboxylic acids is 2. The third-order valence-corrected chi connectivity index (χ3v) is 4.30. The molecule has 2 rings (SSSR count). The van der Waals surface area contributed by atoms with Gasteiger partial charge in [0.25, 0.3) is 0 Å². The Labute approximate surface area is 151 Å². The number of benzene rings is 2. The highest BCUT2D eigenvalue weighted by atomic mass is 35.5. The van der Waals surface area contributed by atoms with Gasteiger partial charge in [-0.15, -0.1) is 11.8 Å². The summed E-state index contributed by atoms with van der Waals surface area (Å²) in [7, 11) is 0. The highest BCUT2D eigenvalue weighted by Gasteiger charge is 2.06. The normalized spacial score (nSPS) is 10.2. The molecule has 4 nitrogen and oxygen atoms in total. The van der Waals surface area contributed by atoms with Crippen molar-refractivity contribution in [3.8, 4) is 0 Å². The van der Waals surface area contributed by atoms with E-state index in [0.29, 0.717) is 17.1 Å². The van der Waals surface area contributed by atoms with Gasteiger partial charge in [-0.3, -0.25) is 9.59 Å². The molecule has 24 heavy (non-hydrogen) atoms. The Morgan fingerprint density at radius 1 is 1.00 bits per heavy atom. The monoisotopic (exact) mass is 362 g/mol. The van der Waals surface area contributed by atoms with Crippen molar-refractivity contribution in [1.29, 1.82) is 0 Å². The second-order valence-corrected chi connectivity index (χ2v) is 6.66. The van der Waals surface area contributed by atoms with E-state index >= 15 is 0 Å². The summed E-state index contributed by atoms with van der Waals surface area (Å²) in [6.07, 6.45) is 1.31. The Balaban J connectivity index is 1.87. The summed E-state index contributed by atoms with van der Waals surface area (Å²) in [6.45, 7) is 1.96. The Morgan fingerprint density at radius 3 is 2.38 bits per heavy atom. The molecule has 2 amide bonds. The number of hydrogen-bond acceptors (Lipinski definition) is 3. The fraction of sp³-hybridized carbons (Fsp3) is 0.222. The minimum atomic E-state index is -0.109. The van der Waals surface area contributed by atoms with E-state index in [4.69, 9.17) is 11.6 Å². The molecular weight excluding hydrogens is 344 g/mol. The molecule has 0 aliphatic heterocycles. The number of nitrogens with one attached hydrogen (secondary N) is 2. The average Bonchev–Trinajstić information content (AvgIpc) is 2.53. The number of halogens is 1. The Hall–Kier alpha value is -1.98. The van der Waals surface area contributed by atoms with E-state index in [1.165, 1.54) is 11.8 Å². The summed E-state index contributed by atoms with van der Waals surface area (Å²) >= 11 is 7.30. The number of hydrogen-bond donors (Lipinski definition) is 2. The standard InChI is InChI=1S/C18H19ClN2O2S/c1-2-5-17(22)20-15-8-4-9-16(11-15)24-12-18(23)21-14-7-3-6-13(19)10-14/h3-4,6-11H,2,5,12H2,1H3,(H,20,22)(H,21,23). The lowest BCUT2D eigenvalue weighted by atomic mass is 10.3. The molecule has 0 unspecified atom stereocenters. The summed E-state index contributed by atoms with van der Waals surface area (Å²) < 4.78 is 0. The maximum absolute atomic E-state index is 12.0. The maximum Gasteiger partial charge on any atom is 0.234 e. The van der Waals surface area contributed by atoms with Crippen molar-refractivity contribution in [2.24, 2.45) is 0 Å². The van der Waals surface area contributed by atoms with Gasteiger partial charge in [0.05, 0.1) is 5.75 Å². The Bertz CT molecular complexity index is 722. The van der Waals surface area contributed by atoms with Gasteiger partial charge in [0, 0.05) is 27.7 Å². The highest BCUT2D eigenvalue weighted by Crippen LogP contribution is 2.22. The number of carbonyl (C=O) groups is 2. The van der Waals surface area contributed by atoms with Gasteiger partial charge in [-0.25, -0.2) is 0 Å². The van der Waals surface area contributed by atoms with Gasteiger partial charge >= 0.3 is 0 Å². The van der Waals surface area contributed by atoms with Crippen molar-refractivity contribution >= 4 is 46.6 Å². The fourth-order valence-corrected chi connectivity index (χ4v) is 2.97. The number of amides is 2. The molecule has 0 bridgehead atoms. The van der Waals surface area contributed by atoms with Crippen LogP contribution in [0, 0.1) is 0 Å². The minimum Gasteiger partial charge on any atom is -0.326 e. The third-order valence-electron chi connectivity index (χ3n) is 3.07. The predicted molar refractivity (Wildman–Crippen MR) is 101 cm³/mol. The van der Waals surface area contributed by atoms with E-state index in [9.17, 15) is 9.59 Å². The van der Waals surface area contributed by atoms with Crippen molar-refractivity contribution < 1.29 is 9.59 Å². The maximum atomic E-state index is 12.0. The second-order valence-electron chi connectivity index (χ2n) is 5.17. The van der Waals surface area contributed by atoms with Crippen LogP contribution in [-0.4, -0.2) is 17.6 Å². The zero-order valence-corrected chi connectivity index (χ0v) is 14.9. The largest absolute Gasteiger partial charge is 0.326 e. The third kappa shape index (κ3) is 6.26. The van der Waals surface area contributed by atoms with Crippen molar-refractivity contribution in [2.45, 2.75) is 24.7 Å². The van der Waals surface area contributed by atoms with Crippen LogP contribution in [0.25, 0.3) is 0 Å². The van der Waals surface area contributed by atoms with Crippen LogP contribution in [0.15, 0.2) is 53.4 Å². The van der Waals surface area contributed by atoms with Gasteiger partial charge in [-0.1, -0.05) is 30.7 Å². The number of thioether (sulfide) groups is 1. The summed E-state index contributed by atoms with van der Waals surface area (Å²) in [5, 5.41) is 6.23. The van der Waals surface area contributed by atoms with Gasteiger partial charge < -0.3 is 10.6 Å². The molecular formula is C18H19ClN2O2S. The average molecular weight is 363 g/mol. The topological polar surface area (TPSA) is 58.2 Å². The van der Waals surface area contributed by atoms with Crippen molar-refractivity contribution in [1.82, 2.24) is 0 Å². The van der Waals surface area contributed by atoms with Crippen LogP contribution in [0.4, 0.5) is 11.4 Å². The zero-order chi connectivity index (χ0) is 17.4. The van der Waals surface area contributed by atoms with E-state index in [0.717, 1.165) is 17.0 Å². The first-order chi connectivity index (χ1) is 11.6. The lowest BCUT2D eigenvalue weighted by molar-refractivity contribution is -0.116. The molecule has 2 aromatic rings. The molecule has 0 aliphatic rings. The molecule has 2 aromatic carbocycles. The first-order valence-corrected chi connectivity index (χ1v) is 9.01. The van der Waals surface area contributed by atoms with Crippen LogP contribution in [0.2, 0.25) is 5.02 Å². The molecule has 0 aromatic heterocycles. The molecule has 126 valence electrons. The van der Waals surface area contributed by atoms with E-state index in [1.54, 1.807) is 24.3 Å². The Kier molecular flexibility index (Phi) is 7.15.